The molecule has 0 aliphatic carbocycles. The molecule has 1 atom stereocenters. The van der Waals surface area contributed by atoms with E-state index in [0.717, 1.165) is 30.6 Å². The standard InChI is InChI=1S/C15H21N3O3/c1-11(19)17-9-13-8-12(5-6-16-13)14-4-3-7-18(14)15(20)10-21-2/h5-6,8,14H,3-4,7,9-10H2,1-2H3,(H,17,19)/t14-/m1/s1. The second-order valence-electron chi connectivity index (χ2n) is 5.17. The largest absolute Gasteiger partial charge is 0.375 e. The van der Waals surface area contributed by atoms with Crippen LogP contribution in [-0.2, 0) is 20.9 Å². The highest BCUT2D eigenvalue weighted by Gasteiger charge is 2.29. The molecular weight excluding hydrogens is 270 g/mol. The summed E-state index contributed by atoms with van der Waals surface area (Å²) in [6, 6.07) is 3.96. The lowest BCUT2D eigenvalue weighted by Crippen LogP contribution is -2.33. The van der Waals surface area contributed by atoms with Gasteiger partial charge in [-0.05, 0) is 30.5 Å². The highest BCUT2D eigenvalue weighted by molar-refractivity contribution is 5.78. The monoisotopic (exact) mass is 291 g/mol. The van der Waals surface area contributed by atoms with Gasteiger partial charge in [0.1, 0.15) is 6.61 Å². The predicted molar refractivity (Wildman–Crippen MR) is 77.3 cm³/mol. The Kier molecular flexibility index (Phi) is 5.27. The van der Waals surface area contributed by atoms with Crippen LogP contribution in [0.4, 0.5) is 0 Å². The maximum absolute atomic E-state index is 12.1. The lowest BCUT2D eigenvalue weighted by atomic mass is 10.0. The summed E-state index contributed by atoms with van der Waals surface area (Å²) in [5, 5.41) is 2.73. The van der Waals surface area contributed by atoms with Gasteiger partial charge in [-0.3, -0.25) is 14.6 Å². The fourth-order valence-electron chi connectivity index (χ4n) is 2.63. The average Bonchev–Trinajstić information content (AvgIpc) is 2.95. The molecule has 0 radical (unpaired) electrons. The molecule has 0 unspecified atom stereocenters. The summed E-state index contributed by atoms with van der Waals surface area (Å²) in [4.78, 5) is 29.1. The molecule has 1 saturated heterocycles. The van der Waals surface area contributed by atoms with Crippen molar-refractivity contribution in [1.29, 1.82) is 0 Å². The van der Waals surface area contributed by atoms with E-state index in [9.17, 15) is 9.59 Å². The Morgan fingerprint density at radius 3 is 3.05 bits per heavy atom. The van der Waals surface area contributed by atoms with Crippen molar-refractivity contribution in [1.82, 2.24) is 15.2 Å². The molecule has 1 aliphatic heterocycles. The normalized spacial score (nSPS) is 17.8. The number of carbonyl (C=O) groups excluding carboxylic acids is 2. The zero-order chi connectivity index (χ0) is 15.2. The minimum absolute atomic E-state index is 0.0141. The molecule has 2 rings (SSSR count). The van der Waals surface area contributed by atoms with Crippen LogP contribution in [0, 0.1) is 0 Å². The molecule has 1 aromatic rings. The van der Waals surface area contributed by atoms with E-state index in [2.05, 4.69) is 10.3 Å². The molecule has 2 heterocycles. The SMILES string of the molecule is COCC(=O)N1CCC[C@@H]1c1ccnc(CNC(C)=O)c1. The van der Waals surface area contributed by atoms with Crippen LogP contribution in [0.15, 0.2) is 18.3 Å². The Labute approximate surface area is 124 Å². The number of hydrogen-bond donors (Lipinski definition) is 1. The van der Waals surface area contributed by atoms with Gasteiger partial charge in [-0.2, -0.15) is 0 Å². The van der Waals surface area contributed by atoms with Crippen LogP contribution in [-0.4, -0.2) is 42.0 Å². The molecular formula is C15H21N3O3. The van der Waals surface area contributed by atoms with Crippen molar-refractivity contribution in [3.8, 4) is 0 Å². The fraction of sp³-hybridized carbons (Fsp3) is 0.533. The van der Waals surface area contributed by atoms with Crippen molar-refractivity contribution in [2.45, 2.75) is 32.4 Å². The smallest absolute Gasteiger partial charge is 0.249 e. The molecule has 6 nitrogen and oxygen atoms in total. The average molecular weight is 291 g/mol. The van der Waals surface area contributed by atoms with Gasteiger partial charge in [-0.15, -0.1) is 0 Å². The summed E-state index contributed by atoms with van der Waals surface area (Å²) in [7, 11) is 1.53. The third kappa shape index (κ3) is 4.01. The Bertz CT molecular complexity index is 519. The van der Waals surface area contributed by atoms with Crippen LogP contribution < -0.4 is 5.32 Å². The summed E-state index contributed by atoms with van der Waals surface area (Å²) in [6.45, 7) is 2.75. The minimum atomic E-state index is -0.0834. The lowest BCUT2D eigenvalue weighted by Gasteiger charge is -2.25. The van der Waals surface area contributed by atoms with E-state index in [1.165, 1.54) is 14.0 Å². The number of pyridine rings is 1. The molecule has 0 saturated carbocycles. The van der Waals surface area contributed by atoms with Gasteiger partial charge in [0.15, 0.2) is 0 Å². The summed E-state index contributed by atoms with van der Waals surface area (Å²) in [6.07, 6.45) is 3.66. The van der Waals surface area contributed by atoms with Crippen LogP contribution in [0.5, 0.6) is 0 Å². The summed E-state index contributed by atoms with van der Waals surface area (Å²) < 4.78 is 4.94. The van der Waals surface area contributed by atoms with Gasteiger partial charge in [0.05, 0.1) is 18.3 Å². The molecule has 1 fully saturated rings. The highest BCUT2D eigenvalue weighted by Crippen LogP contribution is 2.31. The number of carbonyl (C=O) groups is 2. The number of rotatable bonds is 5. The molecule has 6 heteroatoms. The van der Waals surface area contributed by atoms with E-state index in [4.69, 9.17) is 4.74 Å². The van der Waals surface area contributed by atoms with Gasteiger partial charge in [-0.1, -0.05) is 0 Å². The van der Waals surface area contributed by atoms with Crippen molar-refractivity contribution >= 4 is 11.8 Å². The number of methoxy groups -OCH3 is 1. The number of ether oxygens (including phenoxy) is 1. The van der Waals surface area contributed by atoms with Crippen LogP contribution >= 0.6 is 0 Å². The first-order chi connectivity index (χ1) is 10.1. The van der Waals surface area contributed by atoms with Gasteiger partial charge < -0.3 is 15.0 Å². The van der Waals surface area contributed by atoms with Crippen LogP contribution in [0.25, 0.3) is 0 Å². The molecule has 2 amide bonds. The van der Waals surface area contributed by atoms with Crippen LogP contribution in [0.2, 0.25) is 0 Å². The molecule has 21 heavy (non-hydrogen) atoms. The number of amides is 2. The molecule has 1 N–H and O–H groups in total. The topological polar surface area (TPSA) is 71.5 Å². The van der Waals surface area contributed by atoms with Crippen molar-refractivity contribution < 1.29 is 14.3 Å². The molecule has 0 bridgehead atoms. The minimum Gasteiger partial charge on any atom is -0.375 e. The first-order valence-electron chi connectivity index (χ1n) is 7.09. The number of hydrogen-bond acceptors (Lipinski definition) is 4. The molecule has 0 spiro atoms. The van der Waals surface area contributed by atoms with Gasteiger partial charge in [-0.25, -0.2) is 0 Å². The van der Waals surface area contributed by atoms with Gasteiger partial charge in [0.25, 0.3) is 0 Å². The summed E-state index contributed by atoms with van der Waals surface area (Å²) in [5.74, 6) is -0.0693. The van der Waals surface area contributed by atoms with Crippen molar-refractivity contribution in [3.63, 3.8) is 0 Å². The Hall–Kier alpha value is -1.95. The van der Waals surface area contributed by atoms with Crippen molar-refractivity contribution in [2.75, 3.05) is 20.3 Å². The number of likely N-dealkylation sites (tertiary alicyclic amines) is 1. The number of nitrogens with zero attached hydrogens (tertiary/aromatic N) is 2. The first-order valence-corrected chi connectivity index (χ1v) is 7.09. The molecule has 114 valence electrons. The van der Waals surface area contributed by atoms with Crippen LogP contribution in [0.1, 0.15) is 37.1 Å². The Morgan fingerprint density at radius 1 is 1.52 bits per heavy atom. The van der Waals surface area contributed by atoms with Gasteiger partial charge >= 0.3 is 0 Å². The lowest BCUT2D eigenvalue weighted by molar-refractivity contribution is -0.136. The van der Waals surface area contributed by atoms with E-state index in [1.54, 1.807) is 6.20 Å². The summed E-state index contributed by atoms with van der Waals surface area (Å²) >= 11 is 0. The maximum Gasteiger partial charge on any atom is 0.249 e. The van der Waals surface area contributed by atoms with E-state index < -0.39 is 0 Å². The maximum atomic E-state index is 12.1. The molecule has 0 aromatic carbocycles. The quantitative estimate of drug-likeness (QED) is 0.879. The van der Waals surface area contributed by atoms with E-state index in [-0.39, 0.29) is 24.5 Å². The Balaban J connectivity index is 2.11. The Morgan fingerprint density at radius 2 is 2.33 bits per heavy atom. The fourth-order valence-corrected chi connectivity index (χ4v) is 2.63. The first kappa shape index (κ1) is 15.4. The van der Waals surface area contributed by atoms with Gasteiger partial charge in [0, 0.05) is 26.8 Å². The molecule has 1 aliphatic rings. The van der Waals surface area contributed by atoms with E-state index in [1.807, 2.05) is 17.0 Å². The second-order valence-corrected chi connectivity index (χ2v) is 5.17. The van der Waals surface area contributed by atoms with Crippen LogP contribution in [0.3, 0.4) is 0 Å². The van der Waals surface area contributed by atoms with Crippen molar-refractivity contribution in [3.05, 3.63) is 29.6 Å². The zero-order valence-electron chi connectivity index (χ0n) is 12.5. The van der Waals surface area contributed by atoms with E-state index >= 15 is 0 Å². The third-order valence-electron chi connectivity index (χ3n) is 3.58. The second kappa shape index (κ2) is 7.17. The predicted octanol–water partition coefficient (Wildman–Crippen LogP) is 1.03. The van der Waals surface area contributed by atoms with E-state index in [0.29, 0.717) is 6.54 Å². The number of aromatic nitrogens is 1. The molecule has 1 aromatic heterocycles. The van der Waals surface area contributed by atoms with Gasteiger partial charge in [0.2, 0.25) is 11.8 Å². The van der Waals surface area contributed by atoms with Crippen molar-refractivity contribution in [2.24, 2.45) is 0 Å². The summed E-state index contributed by atoms with van der Waals surface area (Å²) in [5.41, 5.74) is 1.86. The third-order valence-corrected chi connectivity index (χ3v) is 3.58. The zero-order valence-corrected chi connectivity index (χ0v) is 12.5. The highest BCUT2D eigenvalue weighted by atomic mass is 16.5. The number of nitrogens with one attached hydrogen (secondary N) is 1.